The Morgan fingerprint density at radius 2 is 1.94 bits per heavy atom. The van der Waals surface area contributed by atoms with E-state index in [4.69, 9.17) is 4.74 Å². The fourth-order valence-electron chi connectivity index (χ4n) is 4.27. The lowest BCUT2D eigenvalue weighted by molar-refractivity contribution is -0.106. The quantitative estimate of drug-likeness (QED) is 0.640. The zero-order chi connectivity index (χ0) is 11.7. The number of ether oxygens (including phenoxy) is 1. The van der Waals surface area contributed by atoms with E-state index in [1.807, 2.05) is 5.57 Å². The van der Waals surface area contributed by atoms with E-state index >= 15 is 0 Å². The van der Waals surface area contributed by atoms with Crippen LogP contribution >= 0.6 is 0 Å². The molecule has 0 aromatic carbocycles. The number of rotatable bonds is 2. The average molecular weight is 234 g/mol. The summed E-state index contributed by atoms with van der Waals surface area (Å²) in [7, 11) is 0. The lowest BCUT2D eigenvalue weighted by Crippen LogP contribution is -2.45. The second-order valence-corrected chi connectivity index (χ2v) is 6.13. The summed E-state index contributed by atoms with van der Waals surface area (Å²) < 4.78 is 6.46. The smallest absolute Gasteiger partial charge is 0.0644 e. The largest absolute Gasteiger partial charge is 0.374 e. The summed E-state index contributed by atoms with van der Waals surface area (Å²) in [5.74, 6) is 1.57. The van der Waals surface area contributed by atoms with Crippen molar-refractivity contribution in [3.05, 3.63) is 11.6 Å². The van der Waals surface area contributed by atoms with Crippen molar-refractivity contribution in [3.8, 4) is 0 Å². The van der Waals surface area contributed by atoms with Crippen molar-refractivity contribution in [2.45, 2.75) is 76.9 Å². The van der Waals surface area contributed by atoms with E-state index < -0.39 is 0 Å². The van der Waals surface area contributed by atoms with Crippen molar-refractivity contribution < 1.29 is 4.74 Å². The molecule has 4 atom stereocenters. The average Bonchev–Trinajstić information content (AvgIpc) is 2.39. The molecule has 1 nitrogen and oxygen atoms in total. The van der Waals surface area contributed by atoms with Gasteiger partial charge in [0.1, 0.15) is 0 Å². The zero-order valence-electron chi connectivity index (χ0n) is 11.2. The first-order chi connectivity index (χ1) is 8.40. The van der Waals surface area contributed by atoms with E-state index in [9.17, 15) is 0 Å². The fourth-order valence-corrected chi connectivity index (χ4v) is 4.27. The molecule has 0 unspecified atom stereocenters. The minimum absolute atomic E-state index is 0.547. The molecule has 0 bridgehead atoms. The molecule has 0 amide bonds. The third-order valence-corrected chi connectivity index (χ3v) is 5.03. The van der Waals surface area contributed by atoms with Gasteiger partial charge in [-0.15, -0.1) is 0 Å². The van der Waals surface area contributed by atoms with Crippen LogP contribution in [0, 0.1) is 11.8 Å². The SMILES string of the molecule is CCC[C@H]1O[C@H]2CCCC[C@@H]2C2=CCCC[C@H]21. The van der Waals surface area contributed by atoms with Gasteiger partial charge in [-0.05, 0) is 38.5 Å². The zero-order valence-corrected chi connectivity index (χ0v) is 11.2. The third-order valence-electron chi connectivity index (χ3n) is 5.03. The van der Waals surface area contributed by atoms with Crippen LogP contribution in [0.5, 0.6) is 0 Å². The molecule has 1 heteroatoms. The van der Waals surface area contributed by atoms with Crippen LogP contribution in [-0.2, 0) is 4.74 Å². The predicted molar refractivity (Wildman–Crippen MR) is 71.0 cm³/mol. The first-order valence-corrected chi connectivity index (χ1v) is 7.75. The topological polar surface area (TPSA) is 9.23 Å². The summed E-state index contributed by atoms with van der Waals surface area (Å²) in [6.45, 7) is 2.29. The Balaban J connectivity index is 1.83. The third kappa shape index (κ3) is 2.19. The molecule has 1 saturated carbocycles. The van der Waals surface area contributed by atoms with Crippen molar-refractivity contribution in [1.82, 2.24) is 0 Å². The molecule has 17 heavy (non-hydrogen) atoms. The molecule has 0 aromatic rings. The van der Waals surface area contributed by atoms with Gasteiger partial charge in [0.25, 0.3) is 0 Å². The van der Waals surface area contributed by atoms with E-state index in [0.717, 1.165) is 11.8 Å². The summed E-state index contributed by atoms with van der Waals surface area (Å²) in [6, 6.07) is 0. The van der Waals surface area contributed by atoms with Gasteiger partial charge in [-0.2, -0.15) is 0 Å². The maximum Gasteiger partial charge on any atom is 0.0644 e. The van der Waals surface area contributed by atoms with Crippen LogP contribution in [0.2, 0.25) is 0 Å². The molecular weight excluding hydrogens is 208 g/mol. The molecule has 0 spiro atoms. The summed E-state index contributed by atoms with van der Waals surface area (Å²) >= 11 is 0. The van der Waals surface area contributed by atoms with E-state index in [-0.39, 0.29) is 0 Å². The Morgan fingerprint density at radius 1 is 1.12 bits per heavy atom. The normalized spacial score (nSPS) is 41.4. The summed E-state index contributed by atoms with van der Waals surface area (Å²) in [5.41, 5.74) is 1.81. The monoisotopic (exact) mass is 234 g/mol. The van der Waals surface area contributed by atoms with Gasteiger partial charge in [0.15, 0.2) is 0 Å². The first kappa shape index (κ1) is 11.8. The highest BCUT2D eigenvalue weighted by atomic mass is 16.5. The molecule has 2 fully saturated rings. The van der Waals surface area contributed by atoms with E-state index in [1.165, 1.54) is 57.8 Å². The summed E-state index contributed by atoms with van der Waals surface area (Å²) in [4.78, 5) is 0. The Morgan fingerprint density at radius 3 is 2.82 bits per heavy atom. The predicted octanol–water partition coefficient (Wildman–Crippen LogP) is 4.47. The second kappa shape index (κ2) is 5.14. The maximum atomic E-state index is 6.46. The van der Waals surface area contributed by atoms with Gasteiger partial charge in [0.05, 0.1) is 12.2 Å². The molecular formula is C16H26O. The number of fused-ring (bicyclic) bond motifs is 3. The molecule has 2 aliphatic carbocycles. The van der Waals surface area contributed by atoms with Crippen LogP contribution in [0.25, 0.3) is 0 Å². The van der Waals surface area contributed by atoms with Crippen molar-refractivity contribution in [2.24, 2.45) is 11.8 Å². The highest BCUT2D eigenvalue weighted by molar-refractivity contribution is 5.20. The highest BCUT2D eigenvalue weighted by Gasteiger charge is 2.42. The van der Waals surface area contributed by atoms with Crippen LogP contribution < -0.4 is 0 Å². The van der Waals surface area contributed by atoms with Crippen molar-refractivity contribution in [2.75, 3.05) is 0 Å². The standard InChI is InChI=1S/C16H26O/c1-2-7-15-13-9-4-3-8-12(13)14-10-5-6-11-16(14)17-15/h8,13-16H,2-7,9-11H2,1H3/t13-,14-,15-,16+/m1/s1. The lowest BCUT2D eigenvalue weighted by atomic mass is 9.68. The number of hydrogen-bond acceptors (Lipinski definition) is 1. The second-order valence-electron chi connectivity index (χ2n) is 6.13. The van der Waals surface area contributed by atoms with E-state index in [1.54, 1.807) is 0 Å². The minimum Gasteiger partial charge on any atom is -0.374 e. The van der Waals surface area contributed by atoms with Crippen LogP contribution in [-0.4, -0.2) is 12.2 Å². The molecule has 3 rings (SSSR count). The van der Waals surface area contributed by atoms with Crippen LogP contribution in [0.3, 0.4) is 0 Å². The maximum absolute atomic E-state index is 6.46. The molecule has 0 aromatic heterocycles. The fraction of sp³-hybridized carbons (Fsp3) is 0.875. The molecule has 1 aliphatic heterocycles. The lowest BCUT2D eigenvalue weighted by Gasteiger charge is -2.47. The molecule has 3 aliphatic rings. The van der Waals surface area contributed by atoms with E-state index in [2.05, 4.69) is 13.0 Å². The molecule has 0 radical (unpaired) electrons. The highest BCUT2D eigenvalue weighted by Crippen LogP contribution is 2.46. The Kier molecular flexibility index (Phi) is 3.56. The Labute approximate surface area is 106 Å². The van der Waals surface area contributed by atoms with Crippen molar-refractivity contribution >= 4 is 0 Å². The van der Waals surface area contributed by atoms with Gasteiger partial charge in [0.2, 0.25) is 0 Å². The van der Waals surface area contributed by atoms with Crippen molar-refractivity contribution in [3.63, 3.8) is 0 Å². The van der Waals surface area contributed by atoms with Gasteiger partial charge in [-0.1, -0.05) is 37.8 Å². The van der Waals surface area contributed by atoms with Gasteiger partial charge in [-0.3, -0.25) is 0 Å². The molecule has 1 saturated heterocycles. The molecule has 1 heterocycles. The van der Waals surface area contributed by atoms with Crippen LogP contribution in [0.1, 0.15) is 64.7 Å². The summed E-state index contributed by atoms with van der Waals surface area (Å²) in [6.07, 6.45) is 15.9. The van der Waals surface area contributed by atoms with Crippen molar-refractivity contribution in [1.29, 1.82) is 0 Å². The van der Waals surface area contributed by atoms with Gasteiger partial charge >= 0.3 is 0 Å². The molecule has 96 valence electrons. The first-order valence-electron chi connectivity index (χ1n) is 7.75. The minimum atomic E-state index is 0.547. The van der Waals surface area contributed by atoms with Gasteiger partial charge in [0, 0.05) is 11.8 Å². The number of allylic oxidation sites excluding steroid dienone is 1. The van der Waals surface area contributed by atoms with Crippen LogP contribution in [0.15, 0.2) is 11.6 Å². The number of hydrogen-bond donors (Lipinski definition) is 0. The van der Waals surface area contributed by atoms with Gasteiger partial charge in [-0.25, -0.2) is 0 Å². The molecule has 0 N–H and O–H groups in total. The van der Waals surface area contributed by atoms with E-state index in [0.29, 0.717) is 12.2 Å². The Bertz CT molecular complexity index is 294. The van der Waals surface area contributed by atoms with Crippen LogP contribution in [0.4, 0.5) is 0 Å². The van der Waals surface area contributed by atoms with Gasteiger partial charge < -0.3 is 4.74 Å². The Hall–Kier alpha value is -0.300. The summed E-state index contributed by atoms with van der Waals surface area (Å²) in [5, 5.41) is 0.